The monoisotopic (exact) mass is 395 g/mol. The summed E-state index contributed by atoms with van der Waals surface area (Å²) in [7, 11) is 0. The molecule has 4 heteroatoms. The van der Waals surface area contributed by atoms with Crippen molar-refractivity contribution in [2.24, 2.45) is 5.92 Å². The molecule has 1 fully saturated rings. The van der Waals surface area contributed by atoms with Gasteiger partial charge in [-0.15, -0.1) is 0 Å². The predicted molar refractivity (Wildman–Crippen MR) is 121 cm³/mol. The second-order valence-corrected chi connectivity index (χ2v) is 8.19. The molecule has 1 N–H and O–H groups in total. The topological polar surface area (TPSA) is 46.9 Å². The van der Waals surface area contributed by atoms with Gasteiger partial charge in [0.1, 0.15) is 0 Å². The number of fused-ring (bicyclic) bond motifs is 1. The number of carbonyl (C=O) groups is 1. The molecule has 1 aliphatic rings. The number of nitrogens with one attached hydrogen (secondary N) is 1. The lowest BCUT2D eigenvalue weighted by atomic mass is 10.0. The van der Waals surface area contributed by atoms with Gasteiger partial charge in [0.05, 0.1) is 23.6 Å². The van der Waals surface area contributed by atoms with E-state index in [1.165, 1.54) is 21.9 Å². The van der Waals surface area contributed by atoms with Crippen molar-refractivity contribution in [2.45, 2.75) is 32.7 Å². The van der Waals surface area contributed by atoms with Crippen molar-refractivity contribution < 1.29 is 4.79 Å². The molecular formula is C26H25N3O. The summed E-state index contributed by atoms with van der Waals surface area (Å²) >= 11 is 0. The SMILES string of the molecule is Cc1nn(Cc2cccc3ccccc23)c(C)c1NC(=O)[C@@H]1C[C@H]1c1ccccc1. The van der Waals surface area contributed by atoms with Gasteiger partial charge in [0.15, 0.2) is 0 Å². The molecule has 0 bridgehead atoms. The first-order valence-corrected chi connectivity index (χ1v) is 10.5. The highest BCUT2D eigenvalue weighted by Gasteiger charge is 2.44. The summed E-state index contributed by atoms with van der Waals surface area (Å²) < 4.78 is 1.99. The Hall–Kier alpha value is -3.40. The number of hydrogen-bond acceptors (Lipinski definition) is 2. The zero-order valence-corrected chi connectivity index (χ0v) is 17.3. The van der Waals surface area contributed by atoms with E-state index in [0.717, 1.165) is 23.5 Å². The Morgan fingerprint density at radius 3 is 2.57 bits per heavy atom. The molecule has 1 amide bonds. The summed E-state index contributed by atoms with van der Waals surface area (Å²) in [5.41, 5.74) is 5.17. The summed E-state index contributed by atoms with van der Waals surface area (Å²) in [6.07, 6.45) is 0.915. The first kappa shape index (κ1) is 18.6. The normalized spacial score (nSPS) is 17.8. The van der Waals surface area contributed by atoms with Gasteiger partial charge in [-0.25, -0.2) is 0 Å². The van der Waals surface area contributed by atoms with Crippen LogP contribution in [0, 0.1) is 19.8 Å². The van der Waals surface area contributed by atoms with E-state index in [2.05, 4.69) is 59.9 Å². The summed E-state index contributed by atoms with van der Waals surface area (Å²) in [6.45, 7) is 4.67. The Kier molecular flexibility index (Phi) is 4.62. The third-order valence-corrected chi connectivity index (χ3v) is 6.18. The fourth-order valence-corrected chi connectivity index (χ4v) is 4.39. The highest BCUT2D eigenvalue weighted by Crippen LogP contribution is 2.48. The van der Waals surface area contributed by atoms with Crippen LogP contribution < -0.4 is 5.32 Å². The van der Waals surface area contributed by atoms with Gasteiger partial charge in [-0.1, -0.05) is 72.8 Å². The third kappa shape index (κ3) is 3.39. The van der Waals surface area contributed by atoms with E-state index in [0.29, 0.717) is 12.5 Å². The van der Waals surface area contributed by atoms with Crippen LogP contribution in [-0.4, -0.2) is 15.7 Å². The quantitative estimate of drug-likeness (QED) is 0.489. The number of benzene rings is 3. The van der Waals surface area contributed by atoms with Crippen molar-refractivity contribution in [1.82, 2.24) is 9.78 Å². The van der Waals surface area contributed by atoms with E-state index in [1.54, 1.807) is 0 Å². The standard InChI is InChI=1S/C26H25N3O/c1-17-25(27-26(30)24-15-23(24)20-9-4-3-5-10-20)18(2)29(28-17)16-21-13-8-12-19-11-6-7-14-22(19)21/h3-14,23-24H,15-16H2,1-2H3,(H,27,30)/t23-,24+/m0/s1. The Bertz CT molecular complexity index is 1220. The zero-order chi connectivity index (χ0) is 20.7. The number of anilines is 1. The van der Waals surface area contributed by atoms with Gasteiger partial charge >= 0.3 is 0 Å². The van der Waals surface area contributed by atoms with Crippen LogP contribution in [0.25, 0.3) is 10.8 Å². The maximum Gasteiger partial charge on any atom is 0.228 e. The largest absolute Gasteiger partial charge is 0.323 e. The van der Waals surface area contributed by atoms with Crippen molar-refractivity contribution in [1.29, 1.82) is 0 Å². The highest BCUT2D eigenvalue weighted by atomic mass is 16.2. The summed E-state index contributed by atoms with van der Waals surface area (Å²) in [4.78, 5) is 12.9. The van der Waals surface area contributed by atoms with Gasteiger partial charge in [0.2, 0.25) is 5.91 Å². The minimum Gasteiger partial charge on any atom is -0.323 e. The molecule has 1 heterocycles. The molecule has 0 radical (unpaired) electrons. The number of nitrogens with zero attached hydrogens (tertiary/aromatic N) is 2. The average molecular weight is 396 g/mol. The first-order chi connectivity index (χ1) is 14.6. The van der Waals surface area contributed by atoms with Crippen LogP contribution in [0.4, 0.5) is 5.69 Å². The molecular weight excluding hydrogens is 370 g/mol. The van der Waals surface area contributed by atoms with E-state index < -0.39 is 0 Å². The zero-order valence-electron chi connectivity index (χ0n) is 17.3. The average Bonchev–Trinajstić information content (AvgIpc) is 3.54. The Morgan fingerprint density at radius 1 is 1.00 bits per heavy atom. The second kappa shape index (κ2) is 7.45. The molecule has 150 valence electrons. The predicted octanol–water partition coefficient (Wildman–Crippen LogP) is 5.44. The number of amides is 1. The minimum atomic E-state index is 0.0487. The van der Waals surface area contributed by atoms with Gasteiger partial charge < -0.3 is 5.32 Å². The van der Waals surface area contributed by atoms with E-state index in [1.807, 2.05) is 36.7 Å². The van der Waals surface area contributed by atoms with Crippen LogP contribution >= 0.6 is 0 Å². The van der Waals surface area contributed by atoms with E-state index in [-0.39, 0.29) is 11.8 Å². The molecule has 30 heavy (non-hydrogen) atoms. The van der Waals surface area contributed by atoms with E-state index in [9.17, 15) is 4.79 Å². The smallest absolute Gasteiger partial charge is 0.228 e. The molecule has 1 aliphatic carbocycles. The molecule has 1 saturated carbocycles. The molecule has 5 rings (SSSR count). The lowest BCUT2D eigenvalue weighted by molar-refractivity contribution is -0.117. The molecule has 1 aromatic heterocycles. The summed E-state index contributed by atoms with van der Waals surface area (Å²) in [5.74, 6) is 0.477. The summed E-state index contributed by atoms with van der Waals surface area (Å²) in [5, 5.41) is 10.4. The third-order valence-electron chi connectivity index (χ3n) is 6.18. The minimum absolute atomic E-state index is 0.0487. The Balaban J connectivity index is 1.35. The van der Waals surface area contributed by atoms with Gasteiger partial charge in [-0.05, 0) is 48.1 Å². The fraction of sp³-hybridized carbons (Fsp3) is 0.231. The molecule has 0 aliphatic heterocycles. The van der Waals surface area contributed by atoms with Crippen molar-refractivity contribution >= 4 is 22.4 Å². The summed E-state index contributed by atoms with van der Waals surface area (Å²) in [6, 6.07) is 25.1. The van der Waals surface area contributed by atoms with Gasteiger partial charge in [0, 0.05) is 5.92 Å². The Labute approximate surface area is 176 Å². The molecule has 0 unspecified atom stereocenters. The van der Waals surface area contributed by atoms with Crippen LogP contribution in [0.1, 0.15) is 34.9 Å². The maximum atomic E-state index is 12.9. The van der Waals surface area contributed by atoms with Crippen LogP contribution in [0.15, 0.2) is 72.8 Å². The number of rotatable bonds is 5. The maximum absolute atomic E-state index is 12.9. The molecule has 0 saturated heterocycles. The van der Waals surface area contributed by atoms with Crippen molar-refractivity contribution in [3.05, 3.63) is 95.3 Å². The van der Waals surface area contributed by atoms with Crippen LogP contribution in [0.3, 0.4) is 0 Å². The van der Waals surface area contributed by atoms with Gasteiger partial charge in [-0.3, -0.25) is 9.48 Å². The molecule has 0 spiro atoms. The van der Waals surface area contributed by atoms with Crippen LogP contribution in [-0.2, 0) is 11.3 Å². The molecule has 4 aromatic rings. The molecule has 3 aromatic carbocycles. The number of carbonyl (C=O) groups excluding carboxylic acids is 1. The lowest BCUT2D eigenvalue weighted by Gasteiger charge is -2.09. The fourth-order valence-electron chi connectivity index (χ4n) is 4.39. The second-order valence-electron chi connectivity index (χ2n) is 8.19. The molecule has 4 nitrogen and oxygen atoms in total. The lowest BCUT2D eigenvalue weighted by Crippen LogP contribution is -2.16. The van der Waals surface area contributed by atoms with E-state index in [4.69, 9.17) is 5.10 Å². The Morgan fingerprint density at radius 2 is 1.73 bits per heavy atom. The first-order valence-electron chi connectivity index (χ1n) is 10.5. The van der Waals surface area contributed by atoms with Gasteiger partial charge in [-0.2, -0.15) is 5.10 Å². The van der Waals surface area contributed by atoms with Crippen molar-refractivity contribution in [3.8, 4) is 0 Å². The molecule has 2 atom stereocenters. The van der Waals surface area contributed by atoms with E-state index >= 15 is 0 Å². The van der Waals surface area contributed by atoms with Crippen molar-refractivity contribution in [2.75, 3.05) is 5.32 Å². The highest BCUT2D eigenvalue weighted by molar-refractivity contribution is 5.96. The van der Waals surface area contributed by atoms with Gasteiger partial charge in [0.25, 0.3) is 0 Å². The van der Waals surface area contributed by atoms with Crippen LogP contribution in [0.5, 0.6) is 0 Å². The van der Waals surface area contributed by atoms with Crippen molar-refractivity contribution in [3.63, 3.8) is 0 Å². The van der Waals surface area contributed by atoms with Crippen LogP contribution in [0.2, 0.25) is 0 Å². The number of aryl methyl sites for hydroxylation is 1. The number of hydrogen-bond donors (Lipinski definition) is 1. The number of aromatic nitrogens is 2.